The van der Waals surface area contributed by atoms with Crippen molar-refractivity contribution in [2.24, 2.45) is 0 Å². The molecule has 1 amide bonds. The van der Waals surface area contributed by atoms with Crippen LogP contribution in [-0.2, 0) is 10.0 Å². The lowest BCUT2D eigenvalue weighted by atomic mass is 10.1. The smallest absolute Gasteiger partial charge is 0.289 e. The highest BCUT2D eigenvalue weighted by Gasteiger charge is 2.34. The molecule has 0 bridgehead atoms. The summed E-state index contributed by atoms with van der Waals surface area (Å²) in [6.07, 6.45) is 0. The van der Waals surface area contributed by atoms with Crippen LogP contribution in [0, 0.1) is 24.0 Å². The molecule has 33 heavy (non-hydrogen) atoms. The summed E-state index contributed by atoms with van der Waals surface area (Å²) in [5.74, 6) is -0.176. The van der Waals surface area contributed by atoms with Crippen LogP contribution in [-0.4, -0.2) is 59.2 Å². The predicted molar refractivity (Wildman–Crippen MR) is 123 cm³/mol. The van der Waals surface area contributed by atoms with Crippen LogP contribution in [0.3, 0.4) is 0 Å². The van der Waals surface area contributed by atoms with E-state index in [9.17, 15) is 23.3 Å². The Morgan fingerprint density at radius 2 is 1.45 bits per heavy atom. The summed E-state index contributed by atoms with van der Waals surface area (Å²) in [7, 11) is -4.04. The third kappa shape index (κ3) is 4.27. The first-order valence-electron chi connectivity index (χ1n) is 10.5. The van der Waals surface area contributed by atoms with Crippen molar-refractivity contribution in [1.82, 2.24) is 13.8 Å². The Morgan fingerprint density at radius 1 is 0.879 bits per heavy atom. The van der Waals surface area contributed by atoms with E-state index in [1.165, 1.54) is 28.6 Å². The number of nitrogens with zero attached hydrogens (tertiary/aromatic N) is 4. The van der Waals surface area contributed by atoms with Crippen molar-refractivity contribution in [1.29, 1.82) is 0 Å². The Kier molecular flexibility index (Phi) is 6.05. The maximum absolute atomic E-state index is 13.0. The summed E-state index contributed by atoms with van der Waals surface area (Å²) in [6, 6.07) is 16.7. The summed E-state index contributed by atoms with van der Waals surface area (Å²) < 4.78 is 29.3. The third-order valence-corrected chi connectivity index (χ3v) is 7.80. The molecule has 0 atom stereocenters. The fourth-order valence-electron chi connectivity index (χ4n) is 4.11. The summed E-state index contributed by atoms with van der Waals surface area (Å²) in [5, 5.41) is 11.3. The maximum atomic E-state index is 13.0. The van der Waals surface area contributed by atoms with Crippen LogP contribution in [0.2, 0.25) is 0 Å². The first-order chi connectivity index (χ1) is 15.7. The van der Waals surface area contributed by atoms with Gasteiger partial charge in [-0.25, -0.2) is 8.42 Å². The normalized spacial score (nSPS) is 14.9. The van der Waals surface area contributed by atoms with Crippen molar-refractivity contribution in [2.45, 2.75) is 18.7 Å². The number of benzene rings is 2. The number of amides is 1. The molecule has 0 aliphatic carbocycles. The standard InChI is InChI=1S/C23H24N4O5S/c1-17-7-8-18(2)26(17)20-11-9-19(10-12-20)23(28)24-13-15-25(16-14-24)33(31,32)22-6-4-3-5-21(22)27(29)30/h3-12H,13-16H2,1-2H3. The second-order valence-corrected chi connectivity index (χ2v) is 9.83. The van der Waals surface area contributed by atoms with Gasteiger partial charge in [-0.3, -0.25) is 14.9 Å². The van der Waals surface area contributed by atoms with Crippen molar-refractivity contribution < 1.29 is 18.1 Å². The van der Waals surface area contributed by atoms with Gasteiger partial charge < -0.3 is 9.47 Å². The molecule has 172 valence electrons. The van der Waals surface area contributed by atoms with Crippen LogP contribution in [0.25, 0.3) is 5.69 Å². The second kappa shape index (κ2) is 8.80. The van der Waals surface area contributed by atoms with Gasteiger partial charge >= 0.3 is 0 Å². The van der Waals surface area contributed by atoms with Gasteiger partial charge in [0.05, 0.1) is 4.92 Å². The molecule has 1 aliphatic heterocycles. The lowest BCUT2D eigenvalue weighted by molar-refractivity contribution is -0.387. The highest BCUT2D eigenvalue weighted by atomic mass is 32.2. The van der Waals surface area contributed by atoms with E-state index in [0.717, 1.165) is 17.1 Å². The van der Waals surface area contributed by atoms with E-state index in [1.54, 1.807) is 17.0 Å². The SMILES string of the molecule is Cc1ccc(C)n1-c1ccc(C(=O)N2CCN(S(=O)(=O)c3ccccc3[N+](=O)[O-])CC2)cc1. The van der Waals surface area contributed by atoms with E-state index in [1.807, 2.05) is 38.1 Å². The molecule has 2 aromatic carbocycles. The van der Waals surface area contributed by atoms with E-state index >= 15 is 0 Å². The minimum Gasteiger partial charge on any atom is -0.336 e. The number of hydrogen-bond acceptors (Lipinski definition) is 5. The van der Waals surface area contributed by atoms with Gasteiger partial charge in [-0.2, -0.15) is 4.31 Å². The molecule has 2 heterocycles. The number of para-hydroxylation sites is 1. The van der Waals surface area contributed by atoms with Gasteiger partial charge in [0.15, 0.2) is 4.90 Å². The molecule has 1 aliphatic rings. The van der Waals surface area contributed by atoms with E-state index in [-0.39, 0.29) is 37.0 Å². The highest BCUT2D eigenvalue weighted by Crippen LogP contribution is 2.27. The van der Waals surface area contributed by atoms with Gasteiger partial charge in [-0.15, -0.1) is 0 Å². The average molecular weight is 469 g/mol. The average Bonchev–Trinajstić information content (AvgIpc) is 3.16. The van der Waals surface area contributed by atoms with Gasteiger partial charge in [-0.1, -0.05) is 12.1 Å². The fraction of sp³-hybridized carbons (Fsp3) is 0.261. The molecule has 1 aromatic heterocycles. The molecule has 0 spiro atoms. The molecule has 0 radical (unpaired) electrons. The Bertz CT molecular complexity index is 1290. The minimum atomic E-state index is -4.04. The number of nitro groups is 1. The van der Waals surface area contributed by atoms with E-state index in [0.29, 0.717) is 5.56 Å². The highest BCUT2D eigenvalue weighted by molar-refractivity contribution is 7.89. The van der Waals surface area contributed by atoms with Crippen molar-refractivity contribution in [2.75, 3.05) is 26.2 Å². The van der Waals surface area contributed by atoms with Gasteiger partial charge in [-0.05, 0) is 56.3 Å². The van der Waals surface area contributed by atoms with Gasteiger partial charge in [0, 0.05) is 54.9 Å². The van der Waals surface area contributed by atoms with Crippen molar-refractivity contribution in [3.63, 3.8) is 0 Å². The molecule has 1 fully saturated rings. The topological polar surface area (TPSA) is 106 Å². The van der Waals surface area contributed by atoms with E-state index in [4.69, 9.17) is 0 Å². The van der Waals surface area contributed by atoms with Crippen LogP contribution in [0.5, 0.6) is 0 Å². The molecule has 3 aromatic rings. The Labute approximate surface area is 192 Å². The summed E-state index contributed by atoms with van der Waals surface area (Å²) in [5.41, 5.74) is 3.23. The van der Waals surface area contributed by atoms with Crippen LogP contribution in [0.1, 0.15) is 21.7 Å². The maximum Gasteiger partial charge on any atom is 0.289 e. The predicted octanol–water partition coefficient (Wildman–Crippen LogP) is 3.15. The first-order valence-corrected chi connectivity index (χ1v) is 11.9. The number of piperazine rings is 1. The Hall–Kier alpha value is -3.50. The first kappa shape index (κ1) is 22.7. The van der Waals surface area contributed by atoms with E-state index in [2.05, 4.69) is 4.57 Å². The Morgan fingerprint density at radius 3 is 2.03 bits per heavy atom. The molecule has 0 saturated carbocycles. The monoisotopic (exact) mass is 468 g/mol. The number of nitro benzene ring substituents is 1. The largest absolute Gasteiger partial charge is 0.336 e. The summed E-state index contributed by atoms with van der Waals surface area (Å²) in [4.78, 5) is 24.8. The molecule has 10 heteroatoms. The van der Waals surface area contributed by atoms with Crippen LogP contribution in [0.15, 0.2) is 65.6 Å². The Balaban J connectivity index is 1.46. The van der Waals surface area contributed by atoms with Gasteiger partial charge in [0.1, 0.15) is 0 Å². The molecular weight excluding hydrogens is 444 g/mol. The summed E-state index contributed by atoms with van der Waals surface area (Å²) >= 11 is 0. The van der Waals surface area contributed by atoms with Gasteiger partial charge in [0.2, 0.25) is 10.0 Å². The van der Waals surface area contributed by atoms with E-state index < -0.39 is 20.6 Å². The van der Waals surface area contributed by atoms with Gasteiger partial charge in [0.25, 0.3) is 11.6 Å². The number of aromatic nitrogens is 1. The number of aryl methyl sites for hydroxylation is 2. The number of carbonyl (C=O) groups excluding carboxylic acids is 1. The molecule has 1 saturated heterocycles. The number of carbonyl (C=O) groups is 1. The van der Waals surface area contributed by atoms with Crippen molar-refractivity contribution >= 4 is 21.6 Å². The molecular formula is C23H24N4O5S. The lowest BCUT2D eigenvalue weighted by Gasteiger charge is -2.34. The number of sulfonamides is 1. The quantitative estimate of drug-likeness (QED) is 0.422. The molecule has 0 N–H and O–H groups in total. The zero-order valence-corrected chi connectivity index (χ0v) is 19.2. The van der Waals surface area contributed by atoms with Crippen molar-refractivity contribution in [3.8, 4) is 5.69 Å². The molecule has 4 rings (SSSR count). The van der Waals surface area contributed by atoms with Crippen LogP contribution in [0.4, 0.5) is 5.69 Å². The molecule has 0 unspecified atom stereocenters. The lowest BCUT2D eigenvalue weighted by Crippen LogP contribution is -2.50. The minimum absolute atomic E-state index is 0.0694. The second-order valence-electron chi connectivity index (χ2n) is 7.92. The zero-order valence-electron chi connectivity index (χ0n) is 18.3. The molecule has 9 nitrogen and oxygen atoms in total. The van der Waals surface area contributed by atoms with Crippen LogP contribution < -0.4 is 0 Å². The number of rotatable bonds is 5. The number of hydrogen-bond donors (Lipinski definition) is 0. The zero-order chi connectivity index (χ0) is 23.8. The fourth-order valence-corrected chi connectivity index (χ4v) is 5.69. The van der Waals surface area contributed by atoms with Crippen molar-refractivity contribution in [3.05, 3.63) is 87.7 Å². The summed E-state index contributed by atoms with van der Waals surface area (Å²) in [6.45, 7) is 4.58. The third-order valence-electron chi connectivity index (χ3n) is 5.85. The van der Waals surface area contributed by atoms with Crippen LogP contribution >= 0.6 is 0 Å².